The van der Waals surface area contributed by atoms with Crippen LogP contribution >= 0.6 is 0 Å². The molecular formula is C13H12F3N3O2. The molecule has 1 heterocycles. The number of aromatic nitrogens is 2. The van der Waals surface area contributed by atoms with Crippen LogP contribution in [0.5, 0.6) is 5.75 Å². The van der Waals surface area contributed by atoms with Crippen LogP contribution in [0.15, 0.2) is 30.5 Å². The second-order valence-electron chi connectivity index (χ2n) is 4.20. The fraction of sp³-hybridized carbons (Fsp3) is 0.231. The van der Waals surface area contributed by atoms with Crippen LogP contribution in [0.1, 0.15) is 5.69 Å². The highest BCUT2D eigenvalue weighted by Gasteiger charge is 2.14. The van der Waals surface area contributed by atoms with Gasteiger partial charge in [0.2, 0.25) is 5.91 Å². The van der Waals surface area contributed by atoms with Crippen molar-refractivity contribution < 1.29 is 22.7 Å². The Morgan fingerprint density at radius 3 is 2.81 bits per heavy atom. The quantitative estimate of drug-likeness (QED) is 0.923. The molecule has 1 amide bonds. The van der Waals surface area contributed by atoms with Crippen molar-refractivity contribution in [1.29, 1.82) is 0 Å². The summed E-state index contributed by atoms with van der Waals surface area (Å²) in [5.74, 6) is -1.67. The number of nitrogens with zero attached hydrogens (tertiary/aromatic N) is 2. The molecule has 1 aromatic heterocycles. The smallest absolute Gasteiger partial charge is 0.387 e. The van der Waals surface area contributed by atoms with E-state index in [2.05, 4.69) is 15.2 Å². The molecule has 1 aromatic carbocycles. The van der Waals surface area contributed by atoms with Gasteiger partial charge in [0.25, 0.3) is 0 Å². The average Bonchev–Trinajstić information content (AvgIpc) is 2.78. The number of alkyl halides is 2. The number of anilines is 1. The first kappa shape index (κ1) is 14.9. The Balaban J connectivity index is 2.11. The summed E-state index contributed by atoms with van der Waals surface area (Å²) < 4.78 is 43.2. The monoisotopic (exact) mass is 299 g/mol. The minimum Gasteiger partial charge on any atom is -0.432 e. The molecule has 2 rings (SSSR count). The molecule has 21 heavy (non-hydrogen) atoms. The summed E-state index contributed by atoms with van der Waals surface area (Å²) >= 11 is 0. The van der Waals surface area contributed by atoms with E-state index in [0.717, 1.165) is 23.9 Å². The molecule has 0 spiro atoms. The molecule has 0 saturated heterocycles. The van der Waals surface area contributed by atoms with Gasteiger partial charge in [0, 0.05) is 18.0 Å². The predicted molar refractivity (Wildman–Crippen MR) is 68.6 cm³/mol. The van der Waals surface area contributed by atoms with Gasteiger partial charge < -0.3 is 10.1 Å². The lowest BCUT2D eigenvalue weighted by molar-refractivity contribution is -0.117. The normalized spacial score (nSPS) is 10.7. The predicted octanol–water partition coefficient (Wildman–Crippen LogP) is 2.57. The topological polar surface area (TPSA) is 56.2 Å². The van der Waals surface area contributed by atoms with Gasteiger partial charge in [-0.2, -0.15) is 13.9 Å². The molecule has 0 radical (unpaired) electrons. The summed E-state index contributed by atoms with van der Waals surface area (Å²) in [6.07, 6.45) is 1.53. The van der Waals surface area contributed by atoms with Crippen molar-refractivity contribution in [2.45, 2.75) is 20.1 Å². The number of aryl methyl sites for hydroxylation is 1. The molecule has 5 nitrogen and oxygen atoms in total. The molecule has 1 N–H and O–H groups in total. The maximum Gasteiger partial charge on any atom is 0.387 e. The largest absolute Gasteiger partial charge is 0.432 e. The lowest BCUT2D eigenvalue weighted by Crippen LogP contribution is -2.21. The number of halogens is 3. The van der Waals surface area contributed by atoms with Gasteiger partial charge in [0.1, 0.15) is 12.4 Å². The zero-order chi connectivity index (χ0) is 15.4. The summed E-state index contributed by atoms with van der Waals surface area (Å²) in [5.41, 5.74) is 0.736. The highest BCUT2D eigenvalue weighted by molar-refractivity contribution is 5.92. The molecule has 0 saturated carbocycles. The van der Waals surface area contributed by atoms with E-state index in [1.54, 1.807) is 13.0 Å². The van der Waals surface area contributed by atoms with E-state index in [-0.39, 0.29) is 12.2 Å². The number of carbonyl (C=O) groups excluding carboxylic acids is 1. The molecule has 0 aliphatic carbocycles. The van der Waals surface area contributed by atoms with Crippen molar-refractivity contribution in [3.05, 3.63) is 42.0 Å². The van der Waals surface area contributed by atoms with E-state index in [4.69, 9.17) is 0 Å². The Hall–Kier alpha value is -2.51. The van der Waals surface area contributed by atoms with Gasteiger partial charge >= 0.3 is 6.61 Å². The van der Waals surface area contributed by atoms with Crippen LogP contribution in [-0.2, 0) is 11.3 Å². The molecule has 0 unspecified atom stereocenters. The van der Waals surface area contributed by atoms with Gasteiger partial charge in [0.05, 0.1) is 5.69 Å². The van der Waals surface area contributed by atoms with Crippen LogP contribution in [0.4, 0.5) is 18.9 Å². The standard InChI is InChI=1S/C13H12F3N3O2/c1-8-4-5-17-19(8)7-12(20)18-10-3-2-9(14)6-11(10)21-13(15)16/h2-6,13H,7H2,1H3,(H,18,20). The molecule has 0 aliphatic heterocycles. The summed E-state index contributed by atoms with van der Waals surface area (Å²) in [6.45, 7) is -1.44. The SMILES string of the molecule is Cc1ccnn1CC(=O)Nc1ccc(F)cc1OC(F)F. The molecular weight excluding hydrogens is 287 g/mol. The third-order valence-electron chi connectivity index (χ3n) is 2.66. The van der Waals surface area contributed by atoms with E-state index in [1.165, 1.54) is 10.9 Å². The summed E-state index contributed by atoms with van der Waals surface area (Å²) in [4.78, 5) is 11.8. The van der Waals surface area contributed by atoms with E-state index >= 15 is 0 Å². The fourth-order valence-corrected chi connectivity index (χ4v) is 1.68. The Kier molecular flexibility index (Phi) is 4.46. The van der Waals surface area contributed by atoms with Crippen LogP contribution in [0.3, 0.4) is 0 Å². The van der Waals surface area contributed by atoms with Crippen molar-refractivity contribution in [3.8, 4) is 5.75 Å². The van der Waals surface area contributed by atoms with Gasteiger partial charge in [-0.05, 0) is 25.1 Å². The zero-order valence-corrected chi connectivity index (χ0v) is 11.0. The molecule has 0 aliphatic rings. The molecule has 0 bridgehead atoms. The molecule has 0 atom stereocenters. The Morgan fingerprint density at radius 2 is 2.19 bits per heavy atom. The number of amides is 1. The van der Waals surface area contributed by atoms with Crippen LogP contribution < -0.4 is 10.1 Å². The number of nitrogens with one attached hydrogen (secondary N) is 1. The second-order valence-corrected chi connectivity index (χ2v) is 4.20. The number of benzene rings is 1. The highest BCUT2D eigenvalue weighted by Crippen LogP contribution is 2.27. The maximum atomic E-state index is 13.0. The summed E-state index contributed by atoms with van der Waals surface area (Å²) in [7, 11) is 0. The third kappa shape index (κ3) is 3.98. The molecule has 0 fully saturated rings. The first-order chi connectivity index (χ1) is 9.95. The maximum absolute atomic E-state index is 13.0. The van der Waals surface area contributed by atoms with E-state index in [1.807, 2.05) is 0 Å². The third-order valence-corrected chi connectivity index (χ3v) is 2.66. The Labute approximate surface area is 118 Å². The van der Waals surface area contributed by atoms with E-state index < -0.39 is 24.1 Å². The molecule has 8 heteroatoms. The van der Waals surface area contributed by atoms with Crippen LogP contribution in [0, 0.1) is 12.7 Å². The fourth-order valence-electron chi connectivity index (χ4n) is 1.68. The van der Waals surface area contributed by atoms with E-state index in [0.29, 0.717) is 0 Å². The minimum atomic E-state index is -3.11. The minimum absolute atomic E-state index is 0.0356. The van der Waals surface area contributed by atoms with Gasteiger partial charge in [-0.3, -0.25) is 9.48 Å². The Morgan fingerprint density at radius 1 is 1.43 bits per heavy atom. The van der Waals surface area contributed by atoms with Crippen molar-refractivity contribution in [3.63, 3.8) is 0 Å². The number of hydrogen-bond donors (Lipinski definition) is 1. The van der Waals surface area contributed by atoms with Crippen molar-refractivity contribution in [2.75, 3.05) is 5.32 Å². The van der Waals surface area contributed by atoms with Gasteiger partial charge in [0.15, 0.2) is 5.75 Å². The van der Waals surface area contributed by atoms with Gasteiger partial charge in [-0.15, -0.1) is 0 Å². The molecule has 2 aromatic rings. The highest BCUT2D eigenvalue weighted by atomic mass is 19.3. The Bertz CT molecular complexity index is 643. The summed E-state index contributed by atoms with van der Waals surface area (Å²) in [5, 5.41) is 6.31. The lowest BCUT2D eigenvalue weighted by atomic mass is 10.3. The zero-order valence-electron chi connectivity index (χ0n) is 11.0. The lowest BCUT2D eigenvalue weighted by Gasteiger charge is -2.12. The van der Waals surface area contributed by atoms with Crippen molar-refractivity contribution >= 4 is 11.6 Å². The number of rotatable bonds is 5. The summed E-state index contributed by atoms with van der Waals surface area (Å²) in [6, 6.07) is 4.69. The van der Waals surface area contributed by atoms with E-state index in [9.17, 15) is 18.0 Å². The first-order valence-corrected chi connectivity index (χ1v) is 5.98. The average molecular weight is 299 g/mol. The molecule has 112 valence electrons. The van der Waals surface area contributed by atoms with Crippen molar-refractivity contribution in [2.24, 2.45) is 0 Å². The second kappa shape index (κ2) is 6.29. The van der Waals surface area contributed by atoms with Crippen molar-refractivity contribution in [1.82, 2.24) is 9.78 Å². The number of hydrogen-bond acceptors (Lipinski definition) is 3. The van der Waals surface area contributed by atoms with Crippen LogP contribution in [0.2, 0.25) is 0 Å². The van der Waals surface area contributed by atoms with Crippen LogP contribution in [0.25, 0.3) is 0 Å². The van der Waals surface area contributed by atoms with Crippen LogP contribution in [-0.4, -0.2) is 22.3 Å². The number of carbonyl (C=O) groups is 1. The van der Waals surface area contributed by atoms with Gasteiger partial charge in [-0.1, -0.05) is 0 Å². The van der Waals surface area contributed by atoms with Gasteiger partial charge in [-0.25, -0.2) is 4.39 Å². The number of ether oxygens (including phenoxy) is 1. The first-order valence-electron chi connectivity index (χ1n) is 5.98.